The highest BCUT2D eigenvalue weighted by molar-refractivity contribution is 7.15. The Morgan fingerprint density at radius 2 is 2.15 bits per heavy atom. The van der Waals surface area contributed by atoms with Gasteiger partial charge in [-0.3, -0.25) is 9.20 Å². The molecule has 7 heteroatoms. The Hall–Kier alpha value is -2.67. The molecule has 1 aromatic carbocycles. The van der Waals surface area contributed by atoms with Gasteiger partial charge < -0.3 is 4.74 Å². The number of nitrogens with zero attached hydrogens (tertiary/aromatic N) is 3. The summed E-state index contributed by atoms with van der Waals surface area (Å²) in [7, 11) is 0. The summed E-state index contributed by atoms with van der Waals surface area (Å²) in [5.74, 6) is 0.761. The SMILES string of the molecule is Cc1ccc(C(C)C)c(OCC(=O)N/N=C/c2c(C)nc3scc(C)n23)c1. The Morgan fingerprint density at radius 1 is 1.37 bits per heavy atom. The van der Waals surface area contributed by atoms with Crippen LogP contribution in [0.15, 0.2) is 28.7 Å². The zero-order valence-corrected chi connectivity index (χ0v) is 17.1. The molecule has 0 aliphatic heterocycles. The summed E-state index contributed by atoms with van der Waals surface area (Å²) >= 11 is 1.58. The topological polar surface area (TPSA) is 68.0 Å². The van der Waals surface area contributed by atoms with Gasteiger partial charge in [0.25, 0.3) is 5.91 Å². The third kappa shape index (κ3) is 4.19. The number of ether oxygens (including phenoxy) is 1. The molecule has 1 amide bonds. The first-order valence-electron chi connectivity index (χ1n) is 8.85. The summed E-state index contributed by atoms with van der Waals surface area (Å²) in [6.45, 7) is 10.1. The van der Waals surface area contributed by atoms with Crippen molar-refractivity contribution in [3.63, 3.8) is 0 Å². The van der Waals surface area contributed by atoms with Crippen LogP contribution in [0.3, 0.4) is 0 Å². The van der Waals surface area contributed by atoms with Crippen molar-refractivity contribution < 1.29 is 9.53 Å². The molecule has 3 rings (SSSR count). The maximum atomic E-state index is 12.1. The fourth-order valence-corrected chi connectivity index (χ4v) is 3.78. The van der Waals surface area contributed by atoms with Gasteiger partial charge in [-0.2, -0.15) is 5.10 Å². The number of carbonyl (C=O) groups is 1. The third-order valence-electron chi connectivity index (χ3n) is 4.28. The van der Waals surface area contributed by atoms with Crippen molar-refractivity contribution in [2.45, 2.75) is 40.5 Å². The lowest BCUT2D eigenvalue weighted by Gasteiger charge is -2.14. The first-order chi connectivity index (χ1) is 12.9. The van der Waals surface area contributed by atoms with Gasteiger partial charge in [0.1, 0.15) is 5.75 Å². The number of rotatable bonds is 6. The number of aromatic nitrogens is 2. The monoisotopic (exact) mass is 384 g/mol. The average molecular weight is 385 g/mol. The zero-order chi connectivity index (χ0) is 19.6. The molecule has 2 aromatic heterocycles. The van der Waals surface area contributed by atoms with E-state index in [1.807, 2.05) is 48.8 Å². The number of nitrogens with one attached hydrogen (secondary N) is 1. The largest absolute Gasteiger partial charge is 0.483 e. The number of imidazole rings is 1. The van der Waals surface area contributed by atoms with E-state index in [1.54, 1.807) is 17.6 Å². The summed E-state index contributed by atoms with van der Waals surface area (Å²) in [5.41, 5.74) is 7.54. The highest BCUT2D eigenvalue weighted by atomic mass is 32.1. The molecular formula is C20H24N4O2S. The molecule has 0 spiro atoms. The molecule has 0 aliphatic rings. The number of benzene rings is 1. The highest BCUT2D eigenvalue weighted by Crippen LogP contribution is 2.27. The number of amides is 1. The van der Waals surface area contributed by atoms with Crippen LogP contribution in [-0.2, 0) is 4.79 Å². The summed E-state index contributed by atoms with van der Waals surface area (Å²) in [6, 6.07) is 6.05. The summed E-state index contributed by atoms with van der Waals surface area (Å²) in [4.78, 5) is 17.5. The van der Waals surface area contributed by atoms with Crippen LogP contribution in [0, 0.1) is 20.8 Å². The van der Waals surface area contributed by atoms with Crippen molar-refractivity contribution in [1.29, 1.82) is 0 Å². The van der Waals surface area contributed by atoms with Crippen LogP contribution >= 0.6 is 11.3 Å². The number of carbonyl (C=O) groups excluding carboxylic acids is 1. The third-order valence-corrected chi connectivity index (χ3v) is 5.22. The Morgan fingerprint density at radius 3 is 2.89 bits per heavy atom. The minimum Gasteiger partial charge on any atom is -0.483 e. The van der Waals surface area contributed by atoms with Crippen molar-refractivity contribution in [2.24, 2.45) is 5.10 Å². The molecule has 2 heterocycles. The summed E-state index contributed by atoms with van der Waals surface area (Å²) in [6.07, 6.45) is 1.62. The fourth-order valence-electron chi connectivity index (χ4n) is 2.86. The first-order valence-corrected chi connectivity index (χ1v) is 9.73. The van der Waals surface area contributed by atoms with Crippen molar-refractivity contribution in [3.8, 4) is 5.75 Å². The second kappa shape index (κ2) is 7.92. The summed E-state index contributed by atoms with van der Waals surface area (Å²) < 4.78 is 7.75. The van der Waals surface area contributed by atoms with Gasteiger partial charge in [-0.15, -0.1) is 11.3 Å². The molecule has 6 nitrogen and oxygen atoms in total. The van der Waals surface area contributed by atoms with E-state index in [1.165, 1.54) is 0 Å². The second-order valence-electron chi connectivity index (χ2n) is 6.86. The van der Waals surface area contributed by atoms with Crippen LogP contribution in [0.4, 0.5) is 0 Å². The summed E-state index contributed by atoms with van der Waals surface area (Å²) in [5, 5.41) is 6.11. The van der Waals surface area contributed by atoms with Gasteiger partial charge in [-0.05, 0) is 43.9 Å². The van der Waals surface area contributed by atoms with Gasteiger partial charge in [0.05, 0.1) is 17.6 Å². The van der Waals surface area contributed by atoms with E-state index in [4.69, 9.17) is 4.74 Å². The number of fused-ring (bicyclic) bond motifs is 1. The zero-order valence-electron chi connectivity index (χ0n) is 16.2. The van der Waals surface area contributed by atoms with Crippen LogP contribution in [0.2, 0.25) is 0 Å². The molecule has 0 atom stereocenters. The Labute approximate surface area is 162 Å². The average Bonchev–Trinajstić information content (AvgIpc) is 3.12. The second-order valence-corrected chi connectivity index (χ2v) is 7.69. The van der Waals surface area contributed by atoms with Crippen LogP contribution in [-0.4, -0.2) is 28.1 Å². The molecule has 27 heavy (non-hydrogen) atoms. The molecule has 0 bridgehead atoms. The van der Waals surface area contributed by atoms with Crippen LogP contribution in [0.1, 0.15) is 48.0 Å². The van der Waals surface area contributed by atoms with Crippen LogP contribution in [0.25, 0.3) is 4.96 Å². The quantitative estimate of drug-likeness (QED) is 0.516. The molecule has 0 saturated carbocycles. The van der Waals surface area contributed by atoms with Gasteiger partial charge in [-0.1, -0.05) is 26.0 Å². The van der Waals surface area contributed by atoms with E-state index < -0.39 is 0 Å². The predicted molar refractivity (Wildman–Crippen MR) is 109 cm³/mol. The van der Waals surface area contributed by atoms with Gasteiger partial charge in [0.2, 0.25) is 0 Å². The van der Waals surface area contributed by atoms with Gasteiger partial charge in [0.15, 0.2) is 11.6 Å². The molecular weight excluding hydrogens is 360 g/mol. The van der Waals surface area contributed by atoms with E-state index in [0.717, 1.165) is 38.9 Å². The standard InChI is InChI=1S/C20H24N4O2S/c1-12(2)16-7-6-13(3)8-18(16)26-10-19(25)23-21-9-17-15(5)22-20-24(17)14(4)11-27-20/h6-9,11-12H,10H2,1-5H3,(H,23,25)/b21-9+. The smallest absolute Gasteiger partial charge is 0.277 e. The fraction of sp³-hybridized carbons (Fsp3) is 0.350. The Bertz CT molecular complexity index is 1000. The molecule has 142 valence electrons. The first kappa shape index (κ1) is 19.1. The number of hydrogen-bond acceptors (Lipinski definition) is 5. The lowest BCUT2D eigenvalue weighted by atomic mass is 10.0. The van der Waals surface area contributed by atoms with Crippen LogP contribution < -0.4 is 10.2 Å². The van der Waals surface area contributed by atoms with E-state index in [2.05, 4.69) is 29.4 Å². The predicted octanol–water partition coefficient (Wildman–Crippen LogP) is 3.97. The minimum absolute atomic E-state index is 0.0845. The maximum Gasteiger partial charge on any atom is 0.277 e. The number of aryl methyl sites for hydroxylation is 3. The van der Waals surface area contributed by atoms with E-state index in [-0.39, 0.29) is 12.5 Å². The molecule has 0 unspecified atom stereocenters. The normalized spacial score (nSPS) is 11.6. The molecule has 0 aliphatic carbocycles. The van der Waals surface area contributed by atoms with E-state index in [0.29, 0.717) is 5.92 Å². The Balaban J connectivity index is 1.63. The van der Waals surface area contributed by atoms with Gasteiger partial charge in [0, 0.05) is 11.1 Å². The van der Waals surface area contributed by atoms with Crippen molar-refractivity contribution >= 4 is 28.4 Å². The van der Waals surface area contributed by atoms with Crippen molar-refractivity contribution in [1.82, 2.24) is 14.8 Å². The van der Waals surface area contributed by atoms with E-state index >= 15 is 0 Å². The highest BCUT2D eigenvalue weighted by Gasteiger charge is 2.12. The Kier molecular flexibility index (Phi) is 5.60. The minimum atomic E-state index is -0.303. The van der Waals surface area contributed by atoms with Crippen molar-refractivity contribution in [3.05, 3.63) is 51.8 Å². The number of thiazole rings is 1. The maximum absolute atomic E-state index is 12.1. The van der Waals surface area contributed by atoms with Crippen LogP contribution in [0.5, 0.6) is 5.75 Å². The lowest BCUT2D eigenvalue weighted by Crippen LogP contribution is -2.25. The molecule has 0 fully saturated rings. The van der Waals surface area contributed by atoms with Gasteiger partial charge >= 0.3 is 0 Å². The van der Waals surface area contributed by atoms with Crippen molar-refractivity contribution in [2.75, 3.05) is 6.61 Å². The molecule has 1 N–H and O–H groups in total. The molecule has 0 radical (unpaired) electrons. The van der Waals surface area contributed by atoms with E-state index in [9.17, 15) is 4.79 Å². The van der Waals surface area contributed by atoms with Gasteiger partial charge in [-0.25, -0.2) is 10.4 Å². The molecule has 3 aromatic rings. The number of hydrogen-bond donors (Lipinski definition) is 1. The molecule has 0 saturated heterocycles. The number of hydrazone groups is 1. The lowest BCUT2D eigenvalue weighted by molar-refractivity contribution is -0.123.